The minimum absolute atomic E-state index is 0.0491. The lowest BCUT2D eigenvalue weighted by Crippen LogP contribution is -2.54. The third-order valence-electron chi connectivity index (χ3n) is 7.81. The molecule has 242 valence electrons. The van der Waals surface area contributed by atoms with Crippen LogP contribution in [0.5, 0.6) is 0 Å². The van der Waals surface area contributed by atoms with Crippen molar-refractivity contribution in [2.24, 2.45) is 0 Å². The van der Waals surface area contributed by atoms with Crippen molar-refractivity contribution in [3.05, 3.63) is 129 Å². The van der Waals surface area contributed by atoms with Gasteiger partial charge in [-0.05, 0) is 80.3 Å². The molecule has 4 aromatic rings. The molecule has 2 atom stereocenters. The summed E-state index contributed by atoms with van der Waals surface area (Å²) in [4.78, 5) is 30.0. The van der Waals surface area contributed by atoms with Gasteiger partial charge in [-0.15, -0.1) is 0 Å². The number of aryl methyl sites for hydroxylation is 2. The lowest BCUT2D eigenvalue weighted by Gasteiger charge is -2.34. The number of carbonyl (C=O) groups is 2. The summed E-state index contributed by atoms with van der Waals surface area (Å²) in [5, 5.41) is 3.79. The lowest BCUT2D eigenvalue weighted by atomic mass is 10.0. The first-order valence-electron chi connectivity index (χ1n) is 15.1. The largest absolute Gasteiger partial charge is 0.352 e. The summed E-state index contributed by atoms with van der Waals surface area (Å²) < 4.78 is 29.5. The number of hydrogen-bond acceptors (Lipinski definition) is 4. The molecule has 1 N–H and O–H groups in total. The summed E-state index contributed by atoms with van der Waals surface area (Å²) in [6.07, 6.45) is 0.895. The number of amides is 2. The van der Waals surface area contributed by atoms with Crippen LogP contribution in [-0.2, 0) is 32.6 Å². The van der Waals surface area contributed by atoms with Crippen molar-refractivity contribution in [2.75, 3.05) is 10.8 Å². The Balaban J connectivity index is 1.83. The molecule has 46 heavy (non-hydrogen) atoms. The van der Waals surface area contributed by atoms with E-state index < -0.39 is 28.5 Å². The van der Waals surface area contributed by atoms with Crippen molar-refractivity contribution in [2.45, 2.75) is 64.1 Å². The van der Waals surface area contributed by atoms with E-state index in [1.54, 1.807) is 48.5 Å². The van der Waals surface area contributed by atoms with E-state index in [0.29, 0.717) is 27.7 Å². The van der Waals surface area contributed by atoms with Crippen molar-refractivity contribution < 1.29 is 18.0 Å². The molecule has 7 nitrogen and oxygen atoms in total. The molecule has 4 rings (SSSR count). The van der Waals surface area contributed by atoms with Gasteiger partial charge in [0.15, 0.2) is 0 Å². The van der Waals surface area contributed by atoms with Crippen LogP contribution in [0, 0.1) is 13.8 Å². The number of benzene rings is 4. The van der Waals surface area contributed by atoms with Gasteiger partial charge in [0.25, 0.3) is 10.0 Å². The highest BCUT2D eigenvalue weighted by Crippen LogP contribution is 2.28. The van der Waals surface area contributed by atoms with Crippen LogP contribution < -0.4 is 9.62 Å². The van der Waals surface area contributed by atoms with Crippen molar-refractivity contribution >= 4 is 50.7 Å². The van der Waals surface area contributed by atoms with Crippen molar-refractivity contribution in [1.82, 2.24) is 10.2 Å². The first-order chi connectivity index (χ1) is 21.9. The Morgan fingerprint density at radius 3 is 2.17 bits per heavy atom. The molecule has 0 aliphatic rings. The highest BCUT2D eigenvalue weighted by atomic mass is 35.5. The lowest BCUT2D eigenvalue weighted by molar-refractivity contribution is -0.140. The van der Waals surface area contributed by atoms with E-state index in [2.05, 4.69) is 5.32 Å². The first-order valence-corrected chi connectivity index (χ1v) is 17.3. The Hall–Kier alpha value is -3.85. The Morgan fingerprint density at radius 2 is 1.54 bits per heavy atom. The minimum atomic E-state index is -4.19. The summed E-state index contributed by atoms with van der Waals surface area (Å²) in [7, 11) is -4.19. The predicted octanol–water partition coefficient (Wildman–Crippen LogP) is 7.36. The molecule has 0 aromatic heterocycles. The van der Waals surface area contributed by atoms with E-state index in [1.165, 1.54) is 17.0 Å². The molecular weight excluding hydrogens is 641 g/mol. The summed E-state index contributed by atoms with van der Waals surface area (Å²) in [6.45, 7) is 6.98. The monoisotopic (exact) mass is 679 g/mol. The van der Waals surface area contributed by atoms with Crippen molar-refractivity contribution in [1.29, 1.82) is 0 Å². The van der Waals surface area contributed by atoms with E-state index in [9.17, 15) is 18.0 Å². The second-order valence-corrected chi connectivity index (χ2v) is 14.2. The maximum absolute atomic E-state index is 14.6. The van der Waals surface area contributed by atoms with Gasteiger partial charge in [0.05, 0.1) is 10.6 Å². The van der Waals surface area contributed by atoms with E-state index >= 15 is 0 Å². The summed E-state index contributed by atoms with van der Waals surface area (Å²) >= 11 is 12.8. The third-order valence-corrected chi connectivity index (χ3v) is 10.2. The molecular formula is C36H39Cl2N3O4S. The number of halogens is 2. The molecule has 0 bridgehead atoms. The quantitative estimate of drug-likeness (QED) is 0.160. The minimum Gasteiger partial charge on any atom is -0.352 e. The fraction of sp³-hybridized carbons (Fsp3) is 0.278. The van der Waals surface area contributed by atoms with Crippen molar-refractivity contribution in [3.63, 3.8) is 0 Å². The molecule has 0 saturated heterocycles. The molecule has 4 aromatic carbocycles. The van der Waals surface area contributed by atoms with Gasteiger partial charge in [-0.1, -0.05) is 96.4 Å². The molecule has 10 heteroatoms. The number of rotatable bonds is 13. The zero-order chi connectivity index (χ0) is 33.4. The second-order valence-electron chi connectivity index (χ2n) is 11.4. The molecule has 0 heterocycles. The molecule has 0 fully saturated rings. The molecule has 0 spiro atoms. The average Bonchev–Trinajstić information content (AvgIpc) is 3.02. The van der Waals surface area contributed by atoms with Crippen LogP contribution in [0.2, 0.25) is 10.0 Å². The fourth-order valence-electron chi connectivity index (χ4n) is 4.98. The van der Waals surface area contributed by atoms with Crippen LogP contribution in [0.4, 0.5) is 5.69 Å². The van der Waals surface area contributed by atoms with Gasteiger partial charge in [0, 0.05) is 29.1 Å². The van der Waals surface area contributed by atoms with Crippen LogP contribution in [0.3, 0.4) is 0 Å². The summed E-state index contributed by atoms with van der Waals surface area (Å²) in [6, 6.07) is 26.7. The first kappa shape index (κ1) is 35.0. The van der Waals surface area contributed by atoms with Gasteiger partial charge in [-0.2, -0.15) is 0 Å². The molecule has 0 radical (unpaired) electrons. The van der Waals surface area contributed by atoms with E-state index in [-0.39, 0.29) is 29.8 Å². The third kappa shape index (κ3) is 8.90. The molecule has 0 unspecified atom stereocenters. The van der Waals surface area contributed by atoms with Gasteiger partial charge in [0.2, 0.25) is 11.8 Å². The Morgan fingerprint density at radius 1 is 0.848 bits per heavy atom. The molecule has 0 saturated carbocycles. The SMILES string of the molecule is CC[C@H](C)NC(=O)[C@H](Cc1ccccc1)N(Cc1ccc(Cl)cc1Cl)C(=O)CN(c1cccc(C)c1)S(=O)(=O)c1ccc(C)cc1. The number of nitrogens with zero attached hydrogens (tertiary/aromatic N) is 2. The van der Waals surface area contributed by atoms with E-state index in [0.717, 1.165) is 21.0 Å². The van der Waals surface area contributed by atoms with Gasteiger partial charge in [-0.3, -0.25) is 13.9 Å². The van der Waals surface area contributed by atoms with Gasteiger partial charge < -0.3 is 10.2 Å². The van der Waals surface area contributed by atoms with Crippen LogP contribution in [-0.4, -0.2) is 43.8 Å². The maximum Gasteiger partial charge on any atom is 0.264 e. The number of hydrogen-bond donors (Lipinski definition) is 1. The Kier molecular flexibility index (Phi) is 11.9. The highest BCUT2D eigenvalue weighted by Gasteiger charge is 2.35. The Labute approximate surface area is 282 Å². The average molecular weight is 681 g/mol. The molecule has 2 amide bonds. The summed E-state index contributed by atoms with van der Waals surface area (Å²) in [5.41, 5.74) is 3.47. The van der Waals surface area contributed by atoms with Gasteiger partial charge in [-0.25, -0.2) is 8.42 Å². The zero-order valence-corrected chi connectivity index (χ0v) is 28.7. The molecule has 0 aliphatic carbocycles. The smallest absolute Gasteiger partial charge is 0.264 e. The second kappa shape index (κ2) is 15.6. The summed E-state index contributed by atoms with van der Waals surface area (Å²) in [5.74, 6) is -0.913. The highest BCUT2D eigenvalue weighted by molar-refractivity contribution is 7.92. The Bertz CT molecular complexity index is 1770. The van der Waals surface area contributed by atoms with E-state index in [1.807, 2.05) is 64.1 Å². The van der Waals surface area contributed by atoms with Crippen molar-refractivity contribution in [3.8, 4) is 0 Å². The van der Waals surface area contributed by atoms with Gasteiger partial charge in [0.1, 0.15) is 12.6 Å². The number of carbonyl (C=O) groups excluding carboxylic acids is 2. The number of nitrogens with one attached hydrogen (secondary N) is 1. The number of sulfonamides is 1. The zero-order valence-electron chi connectivity index (χ0n) is 26.4. The van der Waals surface area contributed by atoms with Gasteiger partial charge >= 0.3 is 0 Å². The predicted molar refractivity (Wildman–Crippen MR) is 186 cm³/mol. The topological polar surface area (TPSA) is 86.8 Å². The standard InChI is InChI=1S/C36H39Cl2N3O4S/c1-5-27(4)39-36(43)34(21-28-11-7-6-8-12-28)40(23-29-16-17-30(37)22-33(29)38)35(42)24-41(31-13-9-10-26(3)20-31)46(44,45)32-18-14-25(2)15-19-32/h6-20,22,27,34H,5,21,23-24H2,1-4H3,(H,39,43)/t27-,34-/m0/s1. The normalized spacial score (nSPS) is 12.7. The molecule has 0 aliphatic heterocycles. The van der Waals surface area contributed by atoms with Crippen LogP contribution in [0.1, 0.15) is 42.5 Å². The van der Waals surface area contributed by atoms with Crippen LogP contribution in [0.15, 0.2) is 102 Å². The van der Waals surface area contributed by atoms with Crippen LogP contribution >= 0.6 is 23.2 Å². The van der Waals surface area contributed by atoms with E-state index in [4.69, 9.17) is 23.2 Å². The van der Waals surface area contributed by atoms with Crippen LogP contribution in [0.25, 0.3) is 0 Å². The number of anilines is 1. The maximum atomic E-state index is 14.6. The fourth-order valence-corrected chi connectivity index (χ4v) is 6.85.